The van der Waals surface area contributed by atoms with Crippen molar-refractivity contribution >= 4 is 5.91 Å². The molecular weight excluding hydrogens is 278 g/mol. The van der Waals surface area contributed by atoms with Crippen LogP contribution in [0.4, 0.5) is 0 Å². The number of hydrogen-bond acceptors (Lipinski definition) is 4. The first-order valence-electron chi connectivity index (χ1n) is 8.27. The molecule has 1 atom stereocenters. The molecule has 1 aromatic heterocycles. The topological polar surface area (TPSA) is 54.5 Å². The van der Waals surface area contributed by atoms with Gasteiger partial charge in [0.05, 0.1) is 13.2 Å². The highest BCUT2D eigenvalue weighted by Crippen LogP contribution is 2.19. The lowest BCUT2D eigenvalue weighted by Gasteiger charge is -2.38. The predicted molar refractivity (Wildman–Crippen MR) is 86.8 cm³/mol. The van der Waals surface area contributed by atoms with Crippen LogP contribution in [0.1, 0.15) is 37.2 Å². The smallest absolute Gasteiger partial charge is 0.269 e. The molecule has 5 nitrogen and oxygen atoms in total. The van der Waals surface area contributed by atoms with Gasteiger partial charge < -0.3 is 10.1 Å². The molecule has 22 heavy (non-hydrogen) atoms. The molecule has 1 saturated heterocycles. The molecule has 1 aliphatic rings. The number of nitrogens with one attached hydrogen (secondary N) is 1. The first-order valence-corrected chi connectivity index (χ1v) is 8.27. The van der Waals surface area contributed by atoms with Crippen molar-refractivity contribution in [3.8, 4) is 0 Å². The van der Waals surface area contributed by atoms with Gasteiger partial charge in [-0.2, -0.15) is 0 Å². The highest BCUT2D eigenvalue weighted by molar-refractivity contribution is 5.92. The van der Waals surface area contributed by atoms with Crippen LogP contribution in [0, 0.1) is 5.92 Å². The van der Waals surface area contributed by atoms with Crippen LogP contribution in [0.3, 0.4) is 0 Å². The molecule has 5 heteroatoms. The van der Waals surface area contributed by atoms with E-state index in [1.165, 1.54) is 0 Å². The van der Waals surface area contributed by atoms with E-state index in [1.807, 2.05) is 12.1 Å². The van der Waals surface area contributed by atoms with E-state index in [1.54, 1.807) is 12.3 Å². The Balaban J connectivity index is 1.98. The number of hydrogen-bond donors (Lipinski definition) is 1. The molecule has 0 bridgehead atoms. The third-order valence-electron chi connectivity index (χ3n) is 4.48. The van der Waals surface area contributed by atoms with Crippen LogP contribution in [-0.2, 0) is 4.74 Å². The van der Waals surface area contributed by atoms with Crippen molar-refractivity contribution in [1.29, 1.82) is 0 Å². The predicted octanol–water partition coefficient (Wildman–Crippen LogP) is 1.95. The summed E-state index contributed by atoms with van der Waals surface area (Å²) in [6.07, 6.45) is 3.89. The van der Waals surface area contributed by atoms with Crippen molar-refractivity contribution in [3.05, 3.63) is 30.1 Å². The first kappa shape index (κ1) is 16.9. The molecular formula is C17H27N3O2. The van der Waals surface area contributed by atoms with Crippen molar-refractivity contribution in [2.24, 2.45) is 5.92 Å². The van der Waals surface area contributed by atoms with Crippen molar-refractivity contribution in [3.63, 3.8) is 0 Å². The summed E-state index contributed by atoms with van der Waals surface area (Å²) in [5, 5.41) is 3.06. The minimum Gasteiger partial charge on any atom is -0.379 e. The Morgan fingerprint density at radius 2 is 2.05 bits per heavy atom. The van der Waals surface area contributed by atoms with Crippen LogP contribution in [0.15, 0.2) is 24.4 Å². The SMILES string of the molecule is CCC(CC)C(CNC(=O)c1ccccn1)N1CCOCC1. The van der Waals surface area contributed by atoms with E-state index in [-0.39, 0.29) is 5.91 Å². The molecule has 0 spiro atoms. The van der Waals surface area contributed by atoms with E-state index in [4.69, 9.17) is 4.74 Å². The molecule has 2 heterocycles. The van der Waals surface area contributed by atoms with Crippen LogP contribution < -0.4 is 5.32 Å². The zero-order valence-corrected chi connectivity index (χ0v) is 13.6. The number of nitrogens with zero attached hydrogens (tertiary/aromatic N) is 2. The number of rotatable bonds is 7. The number of carbonyl (C=O) groups excluding carboxylic acids is 1. The number of ether oxygens (including phenoxy) is 1. The van der Waals surface area contributed by atoms with Gasteiger partial charge in [-0.15, -0.1) is 0 Å². The third-order valence-corrected chi connectivity index (χ3v) is 4.48. The van der Waals surface area contributed by atoms with Crippen LogP contribution >= 0.6 is 0 Å². The monoisotopic (exact) mass is 305 g/mol. The molecule has 1 aliphatic heterocycles. The molecule has 1 fully saturated rings. The molecule has 1 unspecified atom stereocenters. The average Bonchev–Trinajstić information content (AvgIpc) is 2.60. The second-order valence-electron chi connectivity index (χ2n) is 5.72. The van der Waals surface area contributed by atoms with Gasteiger partial charge >= 0.3 is 0 Å². The summed E-state index contributed by atoms with van der Waals surface area (Å²) in [6, 6.07) is 5.77. The van der Waals surface area contributed by atoms with Gasteiger partial charge in [-0.25, -0.2) is 0 Å². The second-order valence-corrected chi connectivity index (χ2v) is 5.72. The van der Waals surface area contributed by atoms with Crippen molar-refractivity contribution in [2.75, 3.05) is 32.8 Å². The summed E-state index contributed by atoms with van der Waals surface area (Å²) >= 11 is 0. The Labute approximate surface area is 133 Å². The van der Waals surface area contributed by atoms with E-state index in [2.05, 4.69) is 29.0 Å². The van der Waals surface area contributed by atoms with E-state index < -0.39 is 0 Å². The molecule has 0 saturated carbocycles. The lowest BCUT2D eigenvalue weighted by Crippen LogP contribution is -2.52. The largest absolute Gasteiger partial charge is 0.379 e. The normalized spacial score (nSPS) is 17.4. The highest BCUT2D eigenvalue weighted by atomic mass is 16.5. The van der Waals surface area contributed by atoms with E-state index in [0.29, 0.717) is 24.2 Å². The summed E-state index contributed by atoms with van der Waals surface area (Å²) in [5.41, 5.74) is 0.479. The van der Waals surface area contributed by atoms with Gasteiger partial charge in [0, 0.05) is 31.9 Å². The number of carbonyl (C=O) groups is 1. The van der Waals surface area contributed by atoms with Gasteiger partial charge in [0.15, 0.2) is 0 Å². The zero-order chi connectivity index (χ0) is 15.8. The fourth-order valence-corrected chi connectivity index (χ4v) is 3.12. The van der Waals surface area contributed by atoms with Gasteiger partial charge in [0.25, 0.3) is 5.91 Å². The standard InChI is InChI=1S/C17H27N3O2/c1-3-14(4-2)16(20-9-11-22-12-10-20)13-19-17(21)15-7-5-6-8-18-15/h5-8,14,16H,3-4,9-13H2,1-2H3,(H,19,21). The Morgan fingerprint density at radius 3 is 2.64 bits per heavy atom. The van der Waals surface area contributed by atoms with Crippen LogP contribution in [0.2, 0.25) is 0 Å². The fraction of sp³-hybridized carbons (Fsp3) is 0.647. The summed E-state index contributed by atoms with van der Waals surface area (Å²) in [6.45, 7) is 8.57. The number of amides is 1. The van der Waals surface area contributed by atoms with E-state index >= 15 is 0 Å². The Hall–Kier alpha value is -1.46. The van der Waals surface area contributed by atoms with Gasteiger partial charge in [-0.05, 0) is 18.1 Å². The minimum atomic E-state index is -0.0928. The maximum absolute atomic E-state index is 12.2. The maximum Gasteiger partial charge on any atom is 0.269 e. The summed E-state index contributed by atoms with van der Waals surface area (Å²) in [4.78, 5) is 18.8. The summed E-state index contributed by atoms with van der Waals surface area (Å²) in [5.74, 6) is 0.493. The van der Waals surface area contributed by atoms with Gasteiger partial charge in [-0.3, -0.25) is 14.7 Å². The lowest BCUT2D eigenvalue weighted by molar-refractivity contribution is 0.00190. The van der Waals surface area contributed by atoms with Gasteiger partial charge in [0.1, 0.15) is 5.69 Å². The highest BCUT2D eigenvalue weighted by Gasteiger charge is 2.27. The average molecular weight is 305 g/mol. The van der Waals surface area contributed by atoms with Crippen LogP contribution in [0.5, 0.6) is 0 Å². The minimum absolute atomic E-state index is 0.0928. The van der Waals surface area contributed by atoms with Crippen molar-refractivity contribution in [2.45, 2.75) is 32.7 Å². The molecule has 0 aliphatic carbocycles. The molecule has 122 valence electrons. The molecule has 1 aromatic rings. The molecule has 2 rings (SSSR count). The Bertz CT molecular complexity index is 442. The molecule has 1 amide bonds. The maximum atomic E-state index is 12.2. The summed E-state index contributed by atoms with van der Waals surface area (Å²) in [7, 11) is 0. The lowest BCUT2D eigenvalue weighted by atomic mass is 9.92. The van der Waals surface area contributed by atoms with Crippen molar-refractivity contribution in [1.82, 2.24) is 15.2 Å². The van der Waals surface area contributed by atoms with Crippen LogP contribution in [0.25, 0.3) is 0 Å². The number of morpholine rings is 1. The zero-order valence-electron chi connectivity index (χ0n) is 13.6. The number of pyridine rings is 1. The Morgan fingerprint density at radius 1 is 1.32 bits per heavy atom. The summed E-state index contributed by atoms with van der Waals surface area (Å²) < 4.78 is 5.45. The van der Waals surface area contributed by atoms with Gasteiger partial charge in [-0.1, -0.05) is 32.8 Å². The molecule has 0 radical (unpaired) electrons. The second kappa shape index (κ2) is 8.86. The first-order chi connectivity index (χ1) is 10.8. The van der Waals surface area contributed by atoms with Gasteiger partial charge in [0.2, 0.25) is 0 Å². The van der Waals surface area contributed by atoms with Crippen LogP contribution in [-0.4, -0.2) is 54.7 Å². The van der Waals surface area contributed by atoms with E-state index in [9.17, 15) is 4.79 Å². The Kier molecular flexibility index (Phi) is 6.80. The molecule has 1 N–H and O–H groups in total. The van der Waals surface area contributed by atoms with E-state index in [0.717, 1.165) is 39.1 Å². The number of aromatic nitrogens is 1. The quantitative estimate of drug-likeness (QED) is 0.836. The molecule has 0 aromatic carbocycles. The fourth-order valence-electron chi connectivity index (χ4n) is 3.12. The third kappa shape index (κ3) is 4.52. The van der Waals surface area contributed by atoms with Crippen molar-refractivity contribution < 1.29 is 9.53 Å².